The van der Waals surface area contributed by atoms with Gasteiger partial charge in [-0.1, -0.05) is 46.3 Å². The smallest absolute Gasteiger partial charge is 0.233 e. The standard InChI is InChI=1S/C12H16BrNO2/c1-9(13)12(16)14-11(8-15)7-10-5-3-2-4-6-10/h2-6,9,11,15H,7-8H2,1H3,(H,14,16)/t9?,11-/m0/s1. The topological polar surface area (TPSA) is 49.3 Å². The molecule has 88 valence electrons. The van der Waals surface area contributed by atoms with Gasteiger partial charge in [-0.25, -0.2) is 0 Å². The van der Waals surface area contributed by atoms with Crippen LogP contribution < -0.4 is 5.32 Å². The van der Waals surface area contributed by atoms with Gasteiger partial charge in [-0.3, -0.25) is 4.79 Å². The normalized spacial score (nSPS) is 14.2. The Bertz CT molecular complexity index is 327. The molecule has 0 heterocycles. The van der Waals surface area contributed by atoms with Crippen LogP contribution >= 0.6 is 15.9 Å². The lowest BCUT2D eigenvalue weighted by Crippen LogP contribution is -2.42. The average Bonchev–Trinajstić information content (AvgIpc) is 2.29. The van der Waals surface area contributed by atoms with E-state index in [-0.39, 0.29) is 23.4 Å². The highest BCUT2D eigenvalue weighted by atomic mass is 79.9. The minimum Gasteiger partial charge on any atom is -0.394 e. The third-order valence-corrected chi connectivity index (χ3v) is 2.67. The number of aliphatic hydroxyl groups is 1. The maximum Gasteiger partial charge on any atom is 0.233 e. The highest BCUT2D eigenvalue weighted by Crippen LogP contribution is 2.04. The fourth-order valence-corrected chi connectivity index (χ4v) is 1.51. The lowest BCUT2D eigenvalue weighted by atomic mass is 10.1. The van der Waals surface area contributed by atoms with Crippen LogP contribution in [-0.2, 0) is 11.2 Å². The van der Waals surface area contributed by atoms with Crippen molar-refractivity contribution >= 4 is 21.8 Å². The molecule has 4 heteroatoms. The quantitative estimate of drug-likeness (QED) is 0.806. The van der Waals surface area contributed by atoms with E-state index >= 15 is 0 Å². The molecule has 0 aliphatic heterocycles. The van der Waals surface area contributed by atoms with Crippen LogP contribution in [0.3, 0.4) is 0 Å². The van der Waals surface area contributed by atoms with E-state index in [0.717, 1.165) is 5.56 Å². The lowest BCUT2D eigenvalue weighted by molar-refractivity contribution is -0.121. The second-order valence-electron chi connectivity index (χ2n) is 3.69. The number of benzene rings is 1. The first-order valence-corrected chi connectivity index (χ1v) is 6.14. The molecule has 2 N–H and O–H groups in total. The van der Waals surface area contributed by atoms with Gasteiger partial charge in [0.2, 0.25) is 5.91 Å². The van der Waals surface area contributed by atoms with Crippen molar-refractivity contribution in [3.05, 3.63) is 35.9 Å². The molecule has 0 spiro atoms. The summed E-state index contributed by atoms with van der Waals surface area (Å²) in [6, 6.07) is 9.56. The molecule has 1 amide bonds. The maximum absolute atomic E-state index is 11.4. The zero-order chi connectivity index (χ0) is 12.0. The largest absolute Gasteiger partial charge is 0.394 e. The third kappa shape index (κ3) is 4.33. The van der Waals surface area contributed by atoms with Gasteiger partial charge in [-0.2, -0.15) is 0 Å². The minimum absolute atomic E-state index is 0.0552. The van der Waals surface area contributed by atoms with E-state index in [1.165, 1.54) is 0 Å². The summed E-state index contributed by atoms with van der Waals surface area (Å²) < 4.78 is 0. The van der Waals surface area contributed by atoms with Gasteiger partial charge in [-0.05, 0) is 18.9 Å². The van der Waals surface area contributed by atoms with Crippen molar-refractivity contribution < 1.29 is 9.90 Å². The number of amides is 1. The van der Waals surface area contributed by atoms with E-state index in [9.17, 15) is 9.90 Å². The number of alkyl halides is 1. The van der Waals surface area contributed by atoms with E-state index < -0.39 is 0 Å². The molecular weight excluding hydrogens is 270 g/mol. The van der Waals surface area contributed by atoms with Crippen LogP contribution in [0, 0.1) is 0 Å². The molecule has 0 aliphatic rings. The molecule has 16 heavy (non-hydrogen) atoms. The second-order valence-corrected chi connectivity index (χ2v) is 5.07. The van der Waals surface area contributed by atoms with Crippen molar-refractivity contribution in [3.63, 3.8) is 0 Å². The summed E-state index contributed by atoms with van der Waals surface area (Å²) in [7, 11) is 0. The maximum atomic E-state index is 11.4. The highest BCUT2D eigenvalue weighted by molar-refractivity contribution is 9.10. The molecule has 0 bridgehead atoms. The molecule has 0 fully saturated rings. The van der Waals surface area contributed by atoms with Crippen LogP contribution in [0.2, 0.25) is 0 Å². The van der Waals surface area contributed by atoms with Crippen molar-refractivity contribution in [3.8, 4) is 0 Å². The Labute approximate surface area is 104 Å². The summed E-state index contributed by atoms with van der Waals surface area (Å²) >= 11 is 3.19. The molecule has 2 atom stereocenters. The highest BCUT2D eigenvalue weighted by Gasteiger charge is 2.15. The summed E-state index contributed by atoms with van der Waals surface area (Å²) in [4.78, 5) is 11.2. The van der Waals surface area contributed by atoms with Crippen molar-refractivity contribution in [2.75, 3.05) is 6.61 Å². The molecule has 1 unspecified atom stereocenters. The van der Waals surface area contributed by atoms with Crippen LogP contribution in [0.1, 0.15) is 12.5 Å². The molecular formula is C12H16BrNO2. The number of nitrogens with one attached hydrogen (secondary N) is 1. The molecule has 0 aliphatic carbocycles. The van der Waals surface area contributed by atoms with Gasteiger partial charge in [0.25, 0.3) is 0 Å². The Morgan fingerprint density at radius 2 is 2.06 bits per heavy atom. The Balaban J connectivity index is 2.53. The summed E-state index contributed by atoms with van der Waals surface area (Å²) in [5, 5.41) is 12.0. The van der Waals surface area contributed by atoms with E-state index in [4.69, 9.17) is 0 Å². The van der Waals surface area contributed by atoms with Crippen molar-refractivity contribution in [2.45, 2.75) is 24.2 Å². The number of hydrogen-bond donors (Lipinski definition) is 2. The average molecular weight is 286 g/mol. The SMILES string of the molecule is CC(Br)C(=O)N[C@H](CO)Cc1ccccc1. The van der Waals surface area contributed by atoms with Crippen molar-refractivity contribution in [1.29, 1.82) is 0 Å². The first-order valence-electron chi connectivity index (χ1n) is 5.22. The Kier molecular flexibility index (Phi) is 5.49. The molecule has 0 saturated heterocycles. The van der Waals surface area contributed by atoms with Gasteiger partial charge >= 0.3 is 0 Å². The van der Waals surface area contributed by atoms with Crippen LogP contribution in [0.4, 0.5) is 0 Å². The third-order valence-electron chi connectivity index (χ3n) is 2.25. The van der Waals surface area contributed by atoms with Crippen LogP contribution in [-0.4, -0.2) is 28.5 Å². The van der Waals surface area contributed by atoms with Crippen LogP contribution in [0.25, 0.3) is 0 Å². The first kappa shape index (κ1) is 13.2. The van der Waals surface area contributed by atoms with E-state index in [1.807, 2.05) is 30.3 Å². The van der Waals surface area contributed by atoms with E-state index in [2.05, 4.69) is 21.2 Å². The van der Waals surface area contributed by atoms with E-state index in [0.29, 0.717) is 6.42 Å². The Hall–Kier alpha value is -0.870. The van der Waals surface area contributed by atoms with E-state index in [1.54, 1.807) is 6.92 Å². The van der Waals surface area contributed by atoms with Gasteiger partial charge in [0.1, 0.15) is 0 Å². The zero-order valence-corrected chi connectivity index (χ0v) is 10.8. The molecule has 1 rings (SSSR count). The minimum atomic E-state index is -0.239. The zero-order valence-electron chi connectivity index (χ0n) is 9.19. The number of carbonyl (C=O) groups is 1. The molecule has 1 aromatic carbocycles. The van der Waals surface area contributed by atoms with Crippen LogP contribution in [0.5, 0.6) is 0 Å². The molecule has 1 aromatic rings. The van der Waals surface area contributed by atoms with Gasteiger partial charge < -0.3 is 10.4 Å². The number of hydrogen-bond acceptors (Lipinski definition) is 2. The summed E-state index contributed by atoms with van der Waals surface area (Å²) in [5.41, 5.74) is 1.10. The first-order chi connectivity index (χ1) is 7.63. The molecule has 0 saturated carbocycles. The number of carbonyl (C=O) groups excluding carboxylic acids is 1. The second kappa shape index (κ2) is 6.66. The summed E-state index contributed by atoms with van der Waals surface area (Å²) in [5.74, 6) is -0.102. The predicted molar refractivity (Wildman–Crippen MR) is 67.6 cm³/mol. The van der Waals surface area contributed by atoms with Gasteiger partial charge in [0.05, 0.1) is 17.5 Å². The lowest BCUT2D eigenvalue weighted by Gasteiger charge is -2.17. The Morgan fingerprint density at radius 1 is 1.44 bits per heavy atom. The monoisotopic (exact) mass is 285 g/mol. The summed E-state index contributed by atoms with van der Waals surface area (Å²) in [6.07, 6.45) is 0.642. The molecule has 0 aromatic heterocycles. The van der Waals surface area contributed by atoms with Crippen molar-refractivity contribution in [1.82, 2.24) is 5.32 Å². The summed E-state index contributed by atoms with van der Waals surface area (Å²) in [6.45, 7) is 1.70. The fraction of sp³-hybridized carbons (Fsp3) is 0.417. The van der Waals surface area contributed by atoms with Gasteiger partial charge in [-0.15, -0.1) is 0 Å². The van der Waals surface area contributed by atoms with Crippen molar-refractivity contribution in [2.24, 2.45) is 0 Å². The number of aliphatic hydroxyl groups excluding tert-OH is 1. The van der Waals surface area contributed by atoms with Crippen LogP contribution in [0.15, 0.2) is 30.3 Å². The number of rotatable bonds is 5. The fourth-order valence-electron chi connectivity index (χ4n) is 1.38. The van der Waals surface area contributed by atoms with Gasteiger partial charge in [0.15, 0.2) is 0 Å². The molecule has 3 nitrogen and oxygen atoms in total. The number of halogens is 1. The Morgan fingerprint density at radius 3 is 2.56 bits per heavy atom. The van der Waals surface area contributed by atoms with Gasteiger partial charge in [0, 0.05) is 0 Å². The predicted octanol–water partition coefficient (Wildman–Crippen LogP) is 1.49. The molecule has 0 radical (unpaired) electrons.